The van der Waals surface area contributed by atoms with Crippen molar-refractivity contribution in [2.75, 3.05) is 79.3 Å². The average molecular weight is 1740 g/mol. The minimum Gasteiger partial charge on any atom is -0.507 e. The van der Waals surface area contributed by atoms with Crippen LogP contribution in [0.25, 0.3) is 83.9 Å². The van der Waals surface area contributed by atoms with Crippen LogP contribution < -0.4 is 37.5 Å². The lowest BCUT2D eigenvalue weighted by molar-refractivity contribution is -0.127. The Balaban J connectivity index is 0.000000125. The van der Waals surface area contributed by atoms with Gasteiger partial charge in [0.25, 0.3) is 0 Å². The van der Waals surface area contributed by atoms with E-state index in [1.54, 1.807) is 27.1 Å². The number of amides is 3. The van der Waals surface area contributed by atoms with Crippen LogP contribution in [0.2, 0.25) is 0 Å². The molecule has 0 unspecified atom stereocenters. The van der Waals surface area contributed by atoms with Gasteiger partial charge in [-0.15, -0.1) is 0 Å². The Morgan fingerprint density at radius 3 is 0.984 bits per heavy atom. The molecule has 12 aromatic rings. The van der Waals surface area contributed by atoms with Crippen LogP contribution in [0.1, 0.15) is 167 Å². The number of aromatic nitrogens is 15. The predicted octanol–water partition coefficient (Wildman–Crippen LogP) is 12.8. The molecular formula is C93H88F6N22O7. The highest BCUT2D eigenvalue weighted by molar-refractivity contribution is 5.95. The summed E-state index contributed by atoms with van der Waals surface area (Å²) in [4.78, 5) is 145. The number of aromatic hydroxyl groups is 1. The highest BCUT2D eigenvalue weighted by Gasteiger charge is 2.43. The fourth-order valence-corrected chi connectivity index (χ4v) is 18.0. The molecule has 29 nitrogen and oxygen atoms in total. The van der Waals surface area contributed by atoms with E-state index in [9.17, 15) is 38.3 Å². The number of piperazine rings is 3. The lowest BCUT2D eigenvalue weighted by atomic mass is 10.1. The summed E-state index contributed by atoms with van der Waals surface area (Å²) in [7, 11) is 0. The first-order valence-corrected chi connectivity index (χ1v) is 43.1. The monoisotopic (exact) mass is 1740 g/mol. The Labute approximate surface area is 728 Å². The number of nitrogens with two attached hydrogens (primary N) is 1. The Bertz CT molecular complexity index is 6430. The van der Waals surface area contributed by atoms with E-state index in [4.69, 9.17) is 5.73 Å². The number of hydrogen-bond donors (Lipinski definition) is 2. The highest BCUT2D eigenvalue weighted by Crippen LogP contribution is 2.52. The molecule has 0 radical (unpaired) electrons. The molecule has 9 aromatic heterocycles. The van der Waals surface area contributed by atoms with Gasteiger partial charge in [-0.25, -0.2) is 99.3 Å². The standard InChI is InChI=1S/C31H30F2N8O2.C31H29F2N7O3.C31H29F2N7O2/c1-3-23(42)39-11-12-40(16(2)14-39)29-19-13-21(33)27(24-20(32)5-4-6-22(24)34)37-30(19)41(31(43)38-29)28-25(17-7-8-17)35-15-36-26(28)18-9-10-18;1-3-23(42)38-11-12-39(16(2)14-38)29-19-13-21(33)27(24-20(32)5-4-6-22(24)41)36-30(19)40(31(43)37-29)28-25(17-7-8-17)34-15-35-26(28)18-9-10-18;1-3-24(41)38-12-13-39(17(2)15-38)29-21-14-23(33)27(20-6-4-5-7-22(20)32)36-30(21)40(31(42)37-29)28-25(18-8-9-18)34-16-35-26(28)19-10-11-19/h3-6,13,15-18H,1,7-12,14,34H2,2H3;3-6,13,15-18,41H,1,7-12,14H2,2H3;3-7,14,16-19H,1,8-13,15H2,2H3/t2*16-;17-/m000/s1. The number of rotatable bonds is 18. The van der Waals surface area contributed by atoms with E-state index in [-0.39, 0.29) is 145 Å². The summed E-state index contributed by atoms with van der Waals surface area (Å²) in [6.07, 6.45) is 19.5. The molecule has 6 aliphatic carbocycles. The van der Waals surface area contributed by atoms with Gasteiger partial charge in [0, 0.05) is 124 Å². The van der Waals surface area contributed by atoms with Crippen molar-refractivity contribution in [3.63, 3.8) is 0 Å². The van der Waals surface area contributed by atoms with E-state index in [0.29, 0.717) is 92.7 Å². The van der Waals surface area contributed by atoms with Gasteiger partial charge in [0.15, 0.2) is 28.6 Å². The molecule has 3 atom stereocenters. The van der Waals surface area contributed by atoms with Gasteiger partial charge in [0.05, 0.1) is 78.5 Å². The SMILES string of the molecule is C=CC(=O)N1CCN(c2nc(=O)n(-c3c(C4CC4)ncnc3C3CC3)c3nc(-c4c(N)cccc4F)c(F)cc23)[C@@H](C)C1.C=CC(=O)N1CCN(c2nc(=O)n(-c3c(C4CC4)ncnc3C3CC3)c3nc(-c4c(O)cccc4F)c(F)cc23)[C@@H](C)C1.C=CC(=O)N1CCN(c2nc(=O)n(-c3c(C4CC4)ncnc3C3CC3)c3nc(-c4ccccc4F)c(F)cc23)[C@@H](C)C1. The van der Waals surface area contributed by atoms with E-state index >= 15 is 22.0 Å². The molecule has 9 aliphatic rings. The van der Waals surface area contributed by atoms with Gasteiger partial charge in [0.2, 0.25) is 17.7 Å². The summed E-state index contributed by atoms with van der Waals surface area (Å²) in [6.45, 7) is 19.7. The number of fused-ring (bicyclic) bond motifs is 3. The number of carbonyl (C=O) groups is 3. The van der Waals surface area contributed by atoms with Crippen LogP contribution in [-0.4, -0.2) is 188 Å². The van der Waals surface area contributed by atoms with Crippen LogP contribution in [0.3, 0.4) is 0 Å². The van der Waals surface area contributed by atoms with E-state index in [1.807, 2.05) is 35.5 Å². The molecule has 0 spiro atoms. The van der Waals surface area contributed by atoms with Crippen molar-refractivity contribution >= 4 is 74.0 Å². The predicted molar refractivity (Wildman–Crippen MR) is 467 cm³/mol. The smallest absolute Gasteiger partial charge is 0.355 e. The molecule has 0 bridgehead atoms. The minimum absolute atomic E-state index is 0.00618. The van der Waals surface area contributed by atoms with Crippen LogP contribution in [0.15, 0.2) is 150 Å². The third-order valence-corrected chi connectivity index (χ3v) is 25.3. The second-order valence-electron chi connectivity index (χ2n) is 34.3. The Morgan fingerprint density at radius 1 is 0.383 bits per heavy atom. The number of nitrogens with zero attached hydrogens (tertiary/aromatic N) is 21. The molecule has 128 heavy (non-hydrogen) atoms. The number of pyridine rings is 3. The molecule has 3 amide bonds. The quantitative estimate of drug-likeness (QED) is 0.0458. The maximum absolute atomic E-state index is 16.0. The summed E-state index contributed by atoms with van der Waals surface area (Å²) in [5.74, 6) is -3.98. The van der Waals surface area contributed by atoms with Crippen molar-refractivity contribution in [3.8, 4) is 56.6 Å². The molecule has 35 heteroatoms. The maximum atomic E-state index is 16.0. The Morgan fingerprint density at radius 2 is 0.680 bits per heavy atom. The summed E-state index contributed by atoms with van der Waals surface area (Å²) < 4.78 is 96.9. The highest BCUT2D eigenvalue weighted by atomic mass is 19.1. The lowest BCUT2D eigenvalue weighted by Crippen LogP contribution is -2.54. The molecule has 654 valence electrons. The summed E-state index contributed by atoms with van der Waals surface area (Å²) in [6, 6.07) is 16.6. The minimum atomic E-state index is -0.886. The van der Waals surface area contributed by atoms with Crippen molar-refractivity contribution in [1.29, 1.82) is 0 Å². The topological polar surface area (TPSA) is 338 Å². The second kappa shape index (κ2) is 33.4. The Hall–Kier alpha value is -14.0. The fraction of sp³-hybridized carbons (Fsp3) is 0.355. The molecule has 12 heterocycles. The first-order valence-electron chi connectivity index (χ1n) is 43.1. The maximum Gasteiger partial charge on any atom is 0.355 e. The van der Waals surface area contributed by atoms with Crippen LogP contribution >= 0.6 is 0 Å². The zero-order valence-electron chi connectivity index (χ0n) is 70.3. The Kier molecular flexibility index (Phi) is 21.8. The molecular weight excluding hydrogens is 1650 g/mol. The number of phenols is 1. The van der Waals surface area contributed by atoms with Gasteiger partial charge in [-0.3, -0.25) is 14.4 Å². The van der Waals surface area contributed by atoms with Gasteiger partial charge in [-0.05, 0) is 171 Å². The number of carbonyl (C=O) groups excluding carboxylic acids is 3. The number of phenolic OH excluding ortho intramolecular Hbond substituents is 1. The largest absolute Gasteiger partial charge is 0.507 e. The summed E-state index contributed by atoms with van der Waals surface area (Å²) in [5, 5.41) is 11.3. The lowest BCUT2D eigenvalue weighted by Gasteiger charge is -2.40. The van der Waals surface area contributed by atoms with Gasteiger partial charge in [0.1, 0.15) is 82.5 Å². The third-order valence-electron chi connectivity index (χ3n) is 25.3. The van der Waals surface area contributed by atoms with Crippen LogP contribution in [0.4, 0.5) is 49.5 Å². The molecule has 3 aromatic carbocycles. The fourth-order valence-electron chi connectivity index (χ4n) is 18.0. The van der Waals surface area contributed by atoms with E-state index in [0.717, 1.165) is 106 Å². The van der Waals surface area contributed by atoms with Crippen molar-refractivity contribution in [2.24, 2.45) is 0 Å². The zero-order valence-corrected chi connectivity index (χ0v) is 70.3. The molecule has 6 saturated carbocycles. The zero-order chi connectivity index (χ0) is 89.1. The van der Waals surface area contributed by atoms with Gasteiger partial charge in [-0.2, -0.15) is 15.0 Å². The van der Waals surface area contributed by atoms with Crippen molar-refractivity contribution in [3.05, 3.63) is 236 Å². The van der Waals surface area contributed by atoms with E-state index in [2.05, 4.69) is 79.5 Å². The number of halogens is 6. The summed E-state index contributed by atoms with van der Waals surface area (Å²) >= 11 is 0. The van der Waals surface area contributed by atoms with Crippen molar-refractivity contribution in [2.45, 2.75) is 151 Å². The van der Waals surface area contributed by atoms with Crippen LogP contribution in [0, 0.1) is 34.9 Å². The number of hydrogen-bond acceptors (Lipinski definition) is 23. The van der Waals surface area contributed by atoms with Crippen molar-refractivity contribution in [1.82, 2.24) is 88.2 Å². The average Bonchev–Trinajstić information content (AvgIpc) is 1.66. The first kappa shape index (κ1) is 83.5. The van der Waals surface area contributed by atoms with E-state index < -0.39 is 69.0 Å². The molecule has 21 rings (SSSR count). The molecule has 3 saturated heterocycles. The van der Waals surface area contributed by atoms with E-state index in [1.165, 1.54) is 111 Å². The first-order chi connectivity index (χ1) is 61.9. The van der Waals surface area contributed by atoms with Crippen LogP contribution in [-0.2, 0) is 14.4 Å². The summed E-state index contributed by atoms with van der Waals surface area (Å²) in [5.41, 5.74) is 9.07. The van der Waals surface area contributed by atoms with Gasteiger partial charge >= 0.3 is 17.1 Å². The normalized spacial score (nSPS) is 18.8. The third kappa shape index (κ3) is 15.5. The number of nitrogen functional groups attached to an aromatic ring is 1. The molecule has 9 fully saturated rings. The molecule has 3 aliphatic heterocycles. The number of benzene rings is 3. The van der Waals surface area contributed by atoms with Gasteiger partial charge < -0.3 is 40.2 Å². The molecule has 3 N–H and O–H groups in total. The van der Waals surface area contributed by atoms with Gasteiger partial charge in [-0.1, -0.05) is 44.0 Å². The van der Waals surface area contributed by atoms with Crippen LogP contribution in [0.5, 0.6) is 5.75 Å². The van der Waals surface area contributed by atoms with Crippen molar-refractivity contribution < 1.29 is 45.8 Å². The second-order valence-corrected chi connectivity index (χ2v) is 34.3. The number of anilines is 4.